The maximum atomic E-state index is 11.6. The number of rotatable bonds is 4. The minimum absolute atomic E-state index is 0.0378. The van der Waals surface area contributed by atoms with Crippen LogP contribution in [0.25, 0.3) is 0 Å². The van der Waals surface area contributed by atoms with Crippen molar-refractivity contribution in [3.63, 3.8) is 0 Å². The average Bonchev–Trinajstić information content (AvgIpc) is 2.30. The molecule has 1 N–H and O–H groups in total. The largest absolute Gasteiger partial charge is 0.507 e. The van der Waals surface area contributed by atoms with Crippen molar-refractivity contribution in [2.45, 2.75) is 13.8 Å². The van der Waals surface area contributed by atoms with Crippen LogP contribution < -0.4 is 0 Å². The molecule has 1 rings (SSSR count). The van der Waals surface area contributed by atoms with E-state index in [-0.39, 0.29) is 11.3 Å². The summed E-state index contributed by atoms with van der Waals surface area (Å²) in [6, 6.07) is 6.39. The number of carbonyl (C=O) groups is 1. The molecule has 1 amide bonds. The molecule has 0 saturated heterocycles. The minimum atomic E-state index is -0.426. The van der Waals surface area contributed by atoms with Crippen LogP contribution in [0.3, 0.4) is 0 Å². The molecule has 4 heteroatoms. The molecule has 86 valence electrons. The molecule has 4 nitrogen and oxygen atoms in total. The van der Waals surface area contributed by atoms with Crippen LogP contribution in [0, 0.1) is 0 Å². The smallest absolute Gasteiger partial charge is 0.282 e. The highest BCUT2D eigenvalue weighted by atomic mass is 16.3. The first-order valence-electron chi connectivity index (χ1n) is 5.29. The van der Waals surface area contributed by atoms with Crippen LogP contribution in [-0.2, 0) is 0 Å². The Morgan fingerprint density at radius 2 is 2.00 bits per heavy atom. The van der Waals surface area contributed by atoms with Gasteiger partial charge in [0.2, 0.25) is 0 Å². The van der Waals surface area contributed by atoms with Gasteiger partial charge in [-0.3, -0.25) is 4.79 Å². The fraction of sp³-hybridized carbons (Fsp3) is 0.333. The van der Waals surface area contributed by atoms with Crippen molar-refractivity contribution in [1.29, 1.82) is 0 Å². The van der Waals surface area contributed by atoms with Crippen LogP contribution in [0.1, 0.15) is 24.2 Å². The maximum absolute atomic E-state index is 11.6. The Morgan fingerprint density at radius 3 is 2.56 bits per heavy atom. The number of phenolic OH excluding ortho intramolecular Hbond substituents is 1. The number of carbonyl (C=O) groups excluding carboxylic acids is 1. The number of nitrogens with zero attached hydrogens (tertiary/aromatic N) is 2. The van der Waals surface area contributed by atoms with Gasteiger partial charge in [-0.1, -0.05) is 12.1 Å². The molecule has 0 radical (unpaired) electrons. The predicted molar refractivity (Wildman–Crippen MR) is 63.9 cm³/mol. The SMILES string of the molecule is CCN(C=NC(=O)c1ccccc1O)CC. The summed E-state index contributed by atoms with van der Waals surface area (Å²) in [5.74, 6) is -0.464. The maximum Gasteiger partial charge on any atom is 0.282 e. The third-order valence-corrected chi connectivity index (χ3v) is 2.29. The van der Waals surface area contributed by atoms with Gasteiger partial charge in [-0.05, 0) is 26.0 Å². The van der Waals surface area contributed by atoms with E-state index in [9.17, 15) is 9.90 Å². The molecule has 0 saturated carbocycles. The van der Waals surface area contributed by atoms with Crippen LogP contribution >= 0.6 is 0 Å². The first-order chi connectivity index (χ1) is 7.69. The molecule has 0 heterocycles. The number of aliphatic imine (C=N–C) groups is 1. The van der Waals surface area contributed by atoms with Gasteiger partial charge in [-0.25, -0.2) is 0 Å². The first-order valence-corrected chi connectivity index (χ1v) is 5.29. The number of hydrogen-bond acceptors (Lipinski definition) is 2. The third kappa shape index (κ3) is 3.08. The molecular weight excluding hydrogens is 204 g/mol. The van der Waals surface area contributed by atoms with Gasteiger partial charge in [0.15, 0.2) is 0 Å². The Kier molecular flexibility index (Phi) is 4.51. The molecule has 0 aliphatic rings. The third-order valence-electron chi connectivity index (χ3n) is 2.29. The molecular formula is C12H16N2O2. The van der Waals surface area contributed by atoms with Gasteiger partial charge in [-0.2, -0.15) is 4.99 Å². The van der Waals surface area contributed by atoms with Gasteiger partial charge in [-0.15, -0.1) is 0 Å². The summed E-state index contributed by atoms with van der Waals surface area (Å²) in [4.78, 5) is 17.3. The van der Waals surface area contributed by atoms with E-state index < -0.39 is 5.91 Å². The van der Waals surface area contributed by atoms with E-state index in [0.29, 0.717) is 0 Å². The molecule has 0 atom stereocenters. The quantitative estimate of drug-likeness (QED) is 0.623. The number of benzene rings is 1. The van der Waals surface area contributed by atoms with Crippen LogP contribution in [0.5, 0.6) is 5.75 Å². The number of hydrogen-bond donors (Lipinski definition) is 1. The second-order valence-electron chi connectivity index (χ2n) is 3.29. The Bertz CT molecular complexity index is 384. The summed E-state index contributed by atoms with van der Waals surface area (Å²) in [6.07, 6.45) is 1.51. The van der Waals surface area contributed by atoms with Crippen LogP contribution in [-0.4, -0.2) is 35.3 Å². The summed E-state index contributed by atoms with van der Waals surface area (Å²) in [7, 11) is 0. The van der Waals surface area contributed by atoms with E-state index in [2.05, 4.69) is 4.99 Å². The van der Waals surface area contributed by atoms with Gasteiger partial charge in [0.25, 0.3) is 5.91 Å². The lowest BCUT2D eigenvalue weighted by Crippen LogP contribution is -2.21. The number of aromatic hydroxyl groups is 1. The second-order valence-corrected chi connectivity index (χ2v) is 3.29. The van der Waals surface area contributed by atoms with Crippen molar-refractivity contribution in [2.75, 3.05) is 13.1 Å². The zero-order chi connectivity index (χ0) is 12.0. The highest BCUT2D eigenvalue weighted by Crippen LogP contribution is 2.16. The lowest BCUT2D eigenvalue weighted by Gasteiger charge is -2.12. The molecule has 0 fully saturated rings. The second kappa shape index (κ2) is 5.90. The van der Waals surface area contributed by atoms with E-state index in [4.69, 9.17) is 0 Å². The average molecular weight is 220 g/mol. The van der Waals surface area contributed by atoms with E-state index in [1.165, 1.54) is 12.4 Å². The monoisotopic (exact) mass is 220 g/mol. The van der Waals surface area contributed by atoms with E-state index in [0.717, 1.165) is 13.1 Å². The van der Waals surface area contributed by atoms with Gasteiger partial charge in [0.1, 0.15) is 5.75 Å². The van der Waals surface area contributed by atoms with Crippen LogP contribution in [0.15, 0.2) is 29.3 Å². The summed E-state index contributed by atoms with van der Waals surface area (Å²) in [6.45, 7) is 5.57. The molecule has 0 aromatic heterocycles. The van der Waals surface area contributed by atoms with E-state index in [1.807, 2.05) is 18.7 Å². The fourth-order valence-corrected chi connectivity index (χ4v) is 1.25. The Morgan fingerprint density at radius 1 is 1.38 bits per heavy atom. The zero-order valence-electron chi connectivity index (χ0n) is 9.55. The lowest BCUT2D eigenvalue weighted by atomic mass is 10.2. The van der Waals surface area contributed by atoms with Crippen molar-refractivity contribution >= 4 is 12.2 Å². The molecule has 1 aromatic carbocycles. The topological polar surface area (TPSA) is 52.9 Å². The van der Waals surface area contributed by atoms with Crippen LogP contribution in [0.4, 0.5) is 0 Å². The van der Waals surface area contributed by atoms with Crippen LogP contribution in [0.2, 0.25) is 0 Å². The summed E-state index contributed by atoms with van der Waals surface area (Å²) in [5, 5.41) is 9.45. The molecule has 0 unspecified atom stereocenters. The van der Waals surface area contributed by atoms with Gasteiger partial charge in [0.05, 0.1) is 11.9 Å². The number of phenols is 1. The van der Waals surface area contributed by atoms with Gasteiger partial charge >= 0.3 is 0 Å². The molecule has 16 heavy (non-hydrogen) atoms. The Labute approximate surface area is 95.2 Å². The lowest BCUT2D eigenvalue weighted by molar-refractivity contribution is 0.0999. The molecule has 0 aliphatic carbocycles. The highest BCUT2D eigenvalue weighted by Gasteiger charge is 2.08. The van der Waals surface area contributed by atoms with Crippen molar-refractivity contribution < 1.29 is 9.90 Å². The Hall–Kier alpha value is -1.84. The standard InChI is InChI=1S/C12H16N2O2/c1-3-14(4-2)9-13-12(16)10-7-5-6-8-11(10)15/h5-9,15H,3-4H2,1-2H3. The van der Waals surface area contributed by atoms with Gasteiger partial charge in [0, 0.05) is 13.1 Å². The first kappa shape index (κ1) is 12.2. The Balaban J connectivity index is 2.76. The van der Waals surface area contributed by atoms with Crippen molar-refractivity contribution in [1.82, 2.24) is 4.90 Å². The van der Waals surface area contributed by atoms with Crippen molar-refractivity contribution in [2.24, 2.45) is 4.99 Å². The number of amides is 1. The summed E-state index contributed by atoms with van der Waals surface area (Å²) in [5.41, 5.74) is 0.228. The molecule has 1 aromatic rings. The predicted octanol–water partition coefficient (Wildman–Crippen LogP) is 1.90. The summed E-state index contributed by atoms with van der Waals surface area (Å²) < 4.78 is 0. The van der Waals surface area contributed by atoms with Crippen molar-refractivity contribution in [3.05, 3.63) is 29.8 Å². The minimum Gasteiger partial charge on any atom is -0.507 e. The molecule has 0 bridgehead atoms. The normalized spacial score (nSPS) is 10.6. The van der Waals surface area contributed by atoms with Crippen molar-refractivity contribution in [3.8, 4) is 5.75 Å². The molecule has 0 aliphatic heterocycles. The number of para-hydroxylation sites is 1. The fourth-order valence-electron chi connectivity index (χ4n) is 1.25. The molecule has 0 spiro atoms. The van der Waals surface area contributed by atoms with E-state index in [1.54, 1.807) is 18.2 Å². The van der Waals surface area contributed by atoms with Gasteiger partial charge < -0.3 is 10.0 Å². The van der Waals surface area contributed by atoms with E-state index >= 15 is 0 Å². The highest BCUT2D eigenvalue weighted by molar-refractivity contribution is 6.00. The zero-order valence-corrected chi connectivity index (χ0v) is 9.55. The summed E-state index contributed by atoms with van der Waals surface area (Å²) >= 11 is 0.